The van der Waals surface area contributed by atoms with Crippen molar-refractivity contribution in [2.24, 2.45) is 5.92 Å². The standard InChI is InChI=1S/C22H30N2O2/c25-22(26)21-11-16-24(17-12-21)18-20-9-7-19(8-10-20)6-2-5-15-23-13-3-1-4-14-23/h7-10,21H,1,3-5,11-18H2,(H,25,26). The third-order valence-corrected chi connectivity index (χ3v) is 5.53. The number of carboxylic acids is 1. The fourth-order valence-corrected chi connectivity index (χ4v) is 3.85. The monoisotopic (exact) mass is 354 g/mol. The quantitative estimate of drug-likeness (QED) is 0.825. The number of nitrogens with zero attached hydrogens (tertiary/aromatic N) is 2. The molecule has 2 aliphatic heterocycles. The smallest absolute Gasteiger partial charge is 0.306 e. The van der Waals surface area contributed by atoms with Gasteiger partial charge in [-0.3, -0.25) is 9.69 Å². The van der Waals surface area contributed by atoms with Gasteiger partial charge in [-0.15, -0.1) is 0 Å². The molecule has 0 bridgehead atoms. The molecule has 1 N–H and O–H groups in total. The molecule has 0 radical (unpaired) electrons. The van der Waals surface area contributed by atoms with Gasteiger partial charge in [0.25, 0.3) is 0 Å². The summed E-state index contributed by atoms with van der Waals surface area (Å²) in [5.74, 6) is 5.78. The second-order valence-electron chi connectivity index (χ2n) is 7.54. The van der Waals surface area contributed by atoms with Gasteiger partial charge >= 0.3 is 5.97 Å². The molecule has 2 saturated heterocycles. The third kappa shape index (κ3) is 5.86. The molecule has 2 fully saturated rings. The van der Waals surface area contributed by atoms with Crippen LogP contribution in [-0.2, 0) is 11.3 Å². The zero-order chi connectivity index (χ0) is 18.2. The molecule has 0 atom stereocenters. The maximum absolute atomic E-state index is 11.0. The highest BCUT2D eigenvalue weighted by atomic mass is 16.4. The molecule has 26 heavy (non-hydrogen) atoms. The Morgan fingerprint density at radius 3 is 2.35 bits per heavy atom. The van der Waals surface area contributed by atoms with E-state index in [1.54, 1.807) is 0 Å². The van der Waals surface area contributed by atoms with Gasteiger partial charge in [-0.2, -0.15) is 0 Å². The molecule has 0 saturated carbocycles. The van der Waals surface area contributed by atoms with Crippen LogP contribution in [0.2, 0.25) is 0 Å². The van der Waals surface area contributed by atoms with Crippen molar-refractivity contribution in [3.8, 4) is 11.8 Å². The molecule has 0 unspecified atom stereocenters. The molecular weight excluding hydrogens is 324 g/mol. The molecule has 3 rings (SSSR count). The van der Waals surface area contributed by atoms with E-state index in [1.807, 2.05) is 0 Å². The van der Waals surface area contributed by atoms with Crippen molar-refractivity contribution in [3.05, 3.63) is 35.4 Å². The summed E-state index contributed by atoms with van der Waals surface area (Å²) in [4.78, 5) is 15.9. The van der Waals surface area contributed by atoms with Crippen LogP contribution in [-0.4, -0.2) is 53.6 Å². The minimum Gasteiger partial charge on any atom is -0.481 e. The highest BCUT2D eigenvalue weighted by Gasteiger charge is 2.24. The molecule has 2 aliphatic rings. The minimum absolute atomic E-state index is 0.158. The Labute approximate surface area is 157 Å². The Kier molecular flexibility index (Phi) is 7.11. The largest absolute Gasteiger partial charge is 0.481 e. The van der Waals surface area contributed by atoms with Gasteiger partial charge in [-0.05, 0) is 69.6 Å². The van der Waals surface area contributed by atoms with Crippen LogP contribution < -0.4 is 0 Å². The Morgan fingerprint density at radius 2 is 1.69 bits per heavy atom. The van der Waals surface area contributed by atoms with Crippen LogP contribution in [0.1, 0.15) is 49.7 Å². The van der Waals surface area contributed by atoms with Gasteiger partial charge in [0.1, 0.15) is 0 Å². The van der Waals surface area contributed by atoms with Crippen LogP contribution in [0, 0.1) is 17.8 Å². The molecule has 0 amide bonds. The van der Waals surface area contributed by atoms with Gasteiger partial charge in [0.05, 0.1) is 5.92 Å². The molecular formula is C22H30N2O2. The van der Waals surface area contributed by atoms with Gasteiger partial charge in [-0.25, -0.2) is 0 Å². The zero-order valence-electron chi connectivity index (χ0n) is 15.6. The van der Waals surface area contributed by atoms with Gasteiger partial charge in [0.15, 0.2) is 0 Å². The van der Waals surface area contributed by atoms with Crippen LogP contribution in [0.5, 0.6) is 0 Å². The van der Waals surface area contributed by atoms with Crippen molar-refractivity contribution in [2.45, 2.75) is 45.1 Å². The fourth-order valence-electron chi connectivity index (χ4n) is 3.85. The summed E-state index contributed by atoms with van der Waals surface area (Å²) in [6.07, 6.45) is 6.52. The molecule has 4 nitrogen and oxygen atoms in total. The van der Waals surface area contributed by atoms with E-state index in [4.69, 9.17) is 5.11 Å². The van der Waals surface area contributed by atoms with Crippen molar-refractivity contribution >= 4 is 5.97 Å². The first-order chi connectivity index (χ1) is 12.7. The second kappa shape index (κ2) is 9.75. The van der Waals surface area contributed by atoms with Crippen LogP contribution in [0.3, 0.4) is 0 Å². The van der Waals surface area contributed by atoms with Crippen molar-refractivity contribution in [3.63, 3.8) is 0 Å². The number of rotatable bonds is 5. The van der Waals surface area contributed by atoms with Crippen molar-refractivity contribution < 1.29 is 9.90 Å². The molecule has 0 aliphatic carbocycles. The average Bonchev–Trinajstić information content (AvgIpc) is 2.68. The number of likely N-dealkylation sites (tertiary alicyclic amines) is 2. The molecule has 1 aromatic rings. The summed E-state index contributed by atoms with van der Waals surface area (Å²) in [5.41, 5.74) is 2.36. The topological polar surface area (TPSA) is 43.8 Å². The van der Waals surface area contributed by atoms with Gasteiger partial charge in [-0.1, -0.05) is 30.4 Å². The van der Waals surface area contributed by atoms with Crippen molar-refractivity contribution in [1.82, 2.24) is 9.80 Å². The van der Waals surface area contributed by atoms with Crippen molar-refractivity contribution in [1.29, 1.82) is 0 Å². The Hall–Kier alpha value is -1.83. The number of benzene rings is 1. The molecule has 140 valence electrons. The van der Waals surface area contributed by atoms with Gasteiger partial charge in [0.2, 0.25) is 0 Å². The first-order valence-electron chi connectivity index (χ1n) is 9.96. The number of piperidine rings is 2. The van der Waals surface area contributed by atoms with E-state index in [-0.39, 0.29) is 5.92 Å². The highest BCUT2D eigenvalue weighted by Crippen LogP contribution is 2.19. The fraction of sp³-hybridized carbons (Fsp3) is 0.591. The van der Waals surface area contributed by atoms with Crippen LogP contribution in [0.15, 0.2) is 24.3 Å². The number of aliphatic carboxylic acids is 1. The van der Waals surface area contributed by atoms with E-state index in [0.717, 1.165) is 51.0 Å². The first kappa shape index (κ1) is 18.9. The number of hydrogen-bond acceptors (Lipinski definition) is 3. The Bertz CT molecular complexity index is 630. The number of carbonyl (C=O) groups is 1. The van der Waals surface area contributed by atoms with Gasteiger partial charge in [0, 0.05) is 25.1 Å². The minimum atomic E-state index is -0.645. The van der Waals surface area contributed by atoms with Gasteiger partial charge < -0.3 is 10.0 Å². The Morgan fingerprint density at radius 1 is 1.00 bits per heavy atom. The highest BCUT2D eigenvalue weighted by molar-refractivity contribution is 5.70. The molecule has 0 spiro atoms. The SMILES string of the molecule is O=C(O)C1CCN(Cc2ccc(C#CCCN3CCCCC3)cc2)CC1. The first-order valence-corrected chi connectivity index (χ1v) is 9.96. The Balaban J connectivity index is 1.41. The summed E-state index contributed by atoms with van der Waals surface area (Å²) in [5, 5.41) is 9.07. The van der Waals surface area contributed by atoms with E-state index in [2.05, 4.69) is 45.9 Å². The van der Waals surface area contributed by atoms with Crippen LogP contribution in [0.4, 0.5) is 0 Å². The van der Waals surface area contributed by atoms with E-state index in [0.29, 0.717) is 0 Å². The maximum atomic E-state index is 11.0. The predicted octanol–water partition coefficient (Wildman–Crippen LogP) is 3.21. The molecule has 4 heteroatoms. The lowest BCUT2D eigenvalue weighted by Crippen LogP contribution is -2.35. The summed E-state index contributed by atoms with van der Waals surface area (Å²) in [6, 6.07) is 8.51. The van der Waals surface area contributed by atoms with E-state index < -0.39 is 5.97 Å². The second-order valence-corrected chi connectivity index (χ2v) is 7.54. The number of carboxylic acid groups (broad SMARTS) is 1. The van der Waals surface area contributed by atoms with Crippen LogP contribution >= 0.6 is 0 Å². The van der Waals surface area contributed by atoms with E-state index >= 15 is 0 Å². The third-order valence-electron chi connectivity index (χ3n) is 5.53. The number of hydrogen-bond donors (Lipinski definition) is 1. The predicted molar refractivity (Wildman–Crippen MR) is 104 cm³/mol. The van der Waals surface area contributed by atoms with Crippen molar-refractivity contribution in [2.75, 3.05) is 32.7 Å². The lowest BCUT2D eigenvalue weighted by molar-refractivity contribution is -0.143. The molecule has 2 heterocycles. The average molecular weight is 354 g/mol. The molecule has 1 aromatic carbocycles. The summed E-state index contributed by atoms with van der Waals surface area (Å²) in [6.45, 7) is 6.20. The summed E-state index contributed by atoms with van der Waals surface area (Å²) < 4.78 is 0. The lowest BCUT2D eigenvalue weighted by atomic mass is 9.97. The van der Waals surface area contributed by atoms with E-state index in [9.17, 15) is 4.79 Å². The molecule has 0 aromatic heterocycles. The maximum Gasteiger partial charge on any atom is 0.306 e. The normalized spacial score (nSPS) is 19.7. The summed E-state index contributed by atoms with van der Waals surface area (Å²) in [7, 11) is 0. The summed E-state index contributed by atoms with van der Waals surface area (Å²) >= 11 is 0. The van der Waals surface area contributed by atoms with E-state index in [1.165, 1.54) is 37.9 Å². The zero-order valence-corrected chi connectivity index (χ0v) is 15.6. The lowest BCUT2D eigenvalue weighted by Gasteiger charge is -2.29. The van der Waals surface area contributed by atoms with Crippen LogP contribution in [0.25, 0.3) is 0 Å².